The highest BCUT2D eigenvalue weighted by Crippen LogP contribution is 2.55. The third-order valence-corrected chi connectivity index (χ3v) is 3.42. The average Bonchev–Trinajstić information content (AvgIpc) is 2.91. The van der Waals surface area contributed by atoms with E-state index < -0.39 is 11.4 Å². The Morgan fingerprint density at radius 2 is 2.13 bits per heavy atom. The van der Waals surface area contributed by atoms with Crippen molar-refractivity contribution in [3.05, 3.63) is 23.2 Å². The highest BCUT2D eigenvalue weighted by Gasteiger charge is 2.53. The van der Waals surface area contributed by atoms with Crippen LogP contribution in [0.3, 0.4) is 0 Å². The van der Waals surface area contributed by atoms with Crippen molar-refractivity contribution in [1.29, 1.82) is 0 Å². The molecule has 0 spiro atoms. The van der Waals surface area contributed by atoms with E-state index in [1.165, 1.54) is 0 Å². The van der Waals surface area contributed by atoms with Crippen LogP contribution in [0.1, 0.15) is 25.7 Å². The Balaban J connectivity index is 1.92. The predicted molar refractivity (Wildman–Crippen MR) is 50.7 cm³/mol. The van der Waals surface area contributed by atoms with Gasteiger partial charge >= 0.3 is 5.97 Å². The van der Waals surface area contributed by atoms with E-state index in [4.69, 9.17) is 14.6 Å². The molecule has 0 aromatic heterocycles. The van der Waals surface area contributed by atoms with E-state index in [0.29, 0.717) is 0 Å². The van der Waals surface area contributed by atoms with Crippen molar-refractivity contribution in [3.63, 3.8) is 0 Å². The molecule has 0 unspecified atom stereocenters. The molecule has 4 nitrogen and oxygen atoms in total. The number of carboxylic acids is 1. The lowest BCUT2D eigenvalue weighted by atomic mass is 9.88. The maximum atomic E-state index is 11.1. The van der Waals surface area contributed by atoms with Gasteiger partial charge in [-0.25, -0.2) is 0 Å². The van der Waals surface area contributed by atoms with E-state index in [1.807, 2.05) is 6.08 Å². The van der Waals surface area contributed by atoms with Gasteiger partial charge in [0.2, 0.25) is 6.79 Å². The molecule has 4 heteroatoms. The molecule has 80 valence electrons. The van der Waals surface area contributed by atoms with Crippen molar-refractivity contribution in [1.82, 2.24) is 0 Å². The third kappa shape index (κ3) is 1.17. The molecule has 3 aliphatic rings. The predicted octanol–water partition coefficient (Wildman–Crippen LogP) is 1.79. The van der Waals surface area contributed by atoms with E-state index >= 15 is 0 Å². The molecular weight excluding hydrogens is 196 g/mol. The molecule has 1 aliphatic heterocycles. The smallest absolute Gasteiger partial charge is 0.313 e. The fraction of sp³-hybridized carbons (Fsp3) is 0.545. The van der Waals surface area contributed by atoms with Gasteiger partial charge in [0.05, 0.1) is 5.41 Å². The highest BCUT2D eigenvalue weighted by molar-refractivity contribution is 5.82. The van der Waals surface area contributed by atoms with Gasteiger partial charge in [0.25, 0.3) is 0 Å². The van der Waals surface area contributed by atoms with E-state index in [9.17, 15) is 4.79 Å². The quantitative estimate of drug-likeness (QED) is 0.751. The summed E-state index contributed by atoms with van der Waals surface area (Å²) in [6.45, 7) is 0.272. The zero-order valence-electron chi connectivity index (χ0n) is 8.28. The number of ether oxygens (including phenoxy) is 2. The Morgan fingerprint density at radius 3 is 2.80 bits per heavy atom. The molecule has 15 heavy (non-hydrogen) atoms. The second-order valence-electron chi connectivity index (χ2n) is 4.25. The summed E-state index contributed by atoms with van der Waals surface area (Å²) >= 11 is 0. The molecule has 1 saturated carbocycles. The summed E-state index contributed by atoms with van der Waals surface area (Å²) in [7, 11) is 0. The summed E-state index contributed by atoms with van der Waals surface area (Å²) in [5.41, 5.74) is 0.420. The van der Waals surface area contributed by atoms with Gasteiger partial charge in [0.15, 0.2) is 5.76 Å². The zero-order valence-corrected chi connectivity index (χ0v) is 8.28. The van der Waals surface area contributed by atoms with Gasteiger partial charge in [0, 0.05) is 6.42 Å². The van der Waals surface area contributed by atoms with E-state index in [0.717, 1.165) is 42.8 Å². The Hall–Kier alpha value is -1.45. The summed E-state index contributed by atoms with van der Waals surface area (Å²) < 4.78 is 10.5. The van der Waals surface area contributed by atoms with E-state index in [2.05, 4.69) is 0 Å². The van der Waals surface area contributed by atoms with Gasteiger partial charge in [-0.05, 0) is 30.9 Å². The van der Waals surface area contributed by atoms with Crippen LogP contribution in [0, 0.1) is 5.41 Å². The molecular formula is C11H12O4. The minimum absolute atomic E-state index is 0.272. The van der Waals surface area contributed by atoms with Crippen molar-refractivity contribution in [3.8, 4) is 0 Å². The minimum Gasteiger partial charge on any atom is -0.481 e. The minimum atomic E-state index is -0.697. The summed E-state index contributed by atoms with van der Waals surface area (Å²) in [5.74, 6) is 0.917. The van der Waals surface area contributed by atoms with Crippen LogP contribution in [0.15, 0.2) is 23.2 Å². The first-order valence-corrected chi connectivity index (χ1v) is 5.15. The summed E-state index contributed by atoms with van der Waals surface area (Å²) in [4.78, 5) is 11.1. The largest absolute Gasteiger partial charge is 0.481 e. The van der Waals surface area contributed by atoms with Gasteiger partial charge in [-0.15, -0.1) is 0 Å². The van der Waals surface area contributed by atoms with Crippen molar-refractivity contribution < 1.29 is 19.4 Å². The van der Waals surface area contributed by atoms with Gasteiger partial charge < -0.3 is 14.6 Å². The van der Waals surface area contributed by atoms with Crippen LogP contribution in [-0.4, -0.2) is 17.9 Å². The molecule has 0 bridgehead atoms. The molecule has 0 aromatic carbocycles. The van der Waals surface area contributed by atoms with Crippen LogP contribution < -0.4 is 0 Å². The number of aliphatic carboxylic acids is 1. The van der Waals surface area contributed by atoms with Crippen molar-refractivity contribution >= 4 is 5.97 Å². The fourth-order valence-electron chi connectivity index (χ4n) is 2.29. The Bertz CT molecular complexity index is 387. The van der Waals surface area contributed by atoms with Crippen molar-refractivity contribution in [2.45, 2.75) is 25.7 Å². The van der Waals surface area contributed by atoms with Crippen molar-refractivity contribution in [2.24, 2.45) is 5.41 Å². The second-order valence-corrected chi connectivity index (χ2v) is 4.25. The van der Waals surface area contributed by atoms with Gasteiger partial charge in [-0.3, -0.25) is 4.79 Å². The van der Waals surface area contributed by atoms with Crippen LogP contribution in [0.2, 0.25) is 0 Å². The molecule has 2 aliphatic carbocycles. The standard InChI is InChI=1S/C11H12O4/c12-10(13)11(3-4-11)7-1-2-8-9(5-7)15-6-14-8/h5H,1-4,6H2,(H,12,13). The number of carbonyl (C=O) groups is 1. The maximum Gasteiger partial charge on any atom is 0.313 e. The molecule has 0 radical (unpaired) electrons. The van der Waals surface area contributed by atoms with Gasteiger partial charge in [0.1, 0.15) is 5.76 Å². The first kappa shape index (κ1) is 8.83. The van der Waals surface area contributed by atoms with Gasteiger partial charge in [-0.2, -0.15) is 0 Å². The molecule has 1 fully saturated rings. The molecule has 0 saturated heterocycles. The monoisotopic (exact) mass is 208 g/mol. The molecule has 0 aromatic rings. The molecule has 1 heterocycles. The first-order valence-electron chi connectivity index (χ1n) is 5.15. The highest BCUT2D eigenvalue weighted by atomic mass is 16.7. The first-order chi connectivity index (χ1) is 7.22. The lowest BCUT2D eigenvalue weighted by molar-refractivity contribution is -0.141. The molecule has 1 N–H and O–H groups in total. The summed E-state index contributed by atoms with van der Waals surface area (Å²) in [6, 6.07) is 0. The molecule has 3 rings (SSSR count). The topological polar surface area (TPSA) is 55.8 Å². The summed E-state index contributed by atoms with van der Waals surface area (Å²) in [6.07, 6.45) is 4.95. The van der Waals surface area contributed by atoms with Gasteiger partial charge in [-0.1, -0.05) is 0 Å². The fourth-order valence-corrected chi connectivity index (χ4v) is 2.29. The average molecular weight is 208 g/mol. The normalized spacial score (nSPS) is 26.3. The second kappa shape index (κ2) is 2.78. The van der Waals surface area contributed by atoms with Crippen LogP contribution in [-0.2, 0) is 14.3 Å². The number of rotatable bonds is 2. The summed E-state index contributed by atoms with van der Waals surface area (Å²) in [5, 5.41) is 9.17. The number of hydrogen-bond acceptors (Lipinski definition) is 3. The third-order valence-electron chi connectivity index (χ3n) is 3.42. The molecule has 0 amide bonds. The Morgan fingerprint density at radius 1 is 1.33 bits per heavy atom. The maximum absolute atomic E-state index is 11.1. The molecule has 0 atom stereocenters. The van der Waals surface area contributed by atoms with Crippen molar-refractivity contribution in [2.75, 3.05) is 6.79 Å². The van der Waals surface area contributed by atoms with Crippen LogP contribution in [0.25, 0.3) is 0 Å². The van der Waals surface area contributed by atoms with Crippen LogP contribution >= 0.6 is 0 Å². The van der Waals surface area contributed by atoms with E-state index in [-0.39, 0.29) is 6.79 Å². The van der Waals surface area contributed by atoms with E-state index in [1.54, 1.807) is 0 Å². The van der Waals surface area contributed by atoms with Crippen LogP contribution in [0.4, 0.5) is 0 Å². The SMILES string of the molecule is O=C(O)C1(C2=CC3=C(CC2)OCO3)CC1. The van der Waals surface area contributed by atoms with Crippen LogP contribution in [0.5, 0.6) is 0 Å². The number of hydrogen-bond donors (Lipinski definition) is 1. The lowest BCUT2D eigenvalue weighted by Crippen LogP contribution is -2.19. The lowest BCUT2D eigenvalue weighted by Gasteiger charge is -2.18. The number of carboxylic acid groups (broad SMARTS) is 1. The Kier molecular flexibility index (Phi) is 1.63. The Labute approximate surface area is 87.2 Å². The zero-order chi connectivity index (χ0) is 10.5. The number of allylic oxidation sites excluding steroid dienone is 2.